The number of ether oxygens (including phenoxy) is 1. The van der Waals surface area contributed by atoms with Crippen LogP contribution >= 0.6 is 0 Å². The number of benzene rings is 2. The van der Waals surface area contributed by atoms with Gasteiger partial charge in [-0.25, -0.2) is 9.78 Å². The van der Waals surface area contributed by atoms with Crippen LogP contribution in [0.2, 0.25) is 0 Å². The monoisotopic (exact) mass is 515 g/mol. The zero-order valence-corrected chi connectivity index (χ0v) is 21.4. The molecule has 0 atom stereocenters. The van der Waals surface area contributed by atoms with Crippen molar-refractivity contribution in [2.45, 2.75) is 37.3 Å². The van der Waals surface area contributed by atoms with Crippen molar-refractivity contribution in [2.75, 3.05) is 18.0 Å². The van der Waals surface area contributed by atoms with Gasteiger partial charge in [-0.3, -0.25) is 9.78 Å². The molecule has 8 heteroatoms. The normalized spacial score (nSPS) is 18.0. The molecule has 1 saturated carbocycles. The maximum Gasteiger partial charge on any atom is 0.410 e. The molecule has 1 aliphatic carbocycles. The minimum atomic E-state index is -0.785. The van der Waals surface area contributed by atoms with Crippen molar-refractivity contribution in [3.8, 4) is 17.2 Å². The number of rotatable bonds is 4. The van der Waals surface area contributed by atoms with Crippen molar-refractivity contribution in [3.05, 3.63) is 90.0 Å². The van der Waals surface area contributed by atoms with E-state index in [-0.39, 0.29) is 24.1 Å². The number of carbonyl (C=O) groups is 2. The van der Waals surface area contributed by atoms with Gasteiger partial charge in [0.2, 0.25) is 5.91 Å². The van der Waals surface area contributed by atoms with Crippen LogP contribution in [0.3, 0.4) is 0 Å². The number of amides is 2. The lowest BCUT2D eigenvalue weighted by atomic mass is 9.75. The molecule has 2 aromatic carbocycles. The molecule has 1 spiro atoms. The van der Waals surface area contributed by atoms with Gasteiger partial charge >= 0.3 is 6.09 Å². The summed E-state index contributed by atoms with van der Waals surface area (Å²) in [6.45, 7) is 2.80. The number of aromatic nitrogens is 2. The maximum atomic E-state index is 14.1. The summed E-state index contributed by atoms with van der Waals surface area (Å²) in [7, 11) is 0. The van der Waals surface area contributed by atoms with E-state index in [0.29, 0.717) is 18.8 Å². The van der Waals surface area contributed by atoms with E-state index >= 15 is 0 Å². The average Bonchev–Trinajstić information content (AvgIpc) is 3.61. The summed E-state index contributed by atoms with van der Waals surface area (Å²) in [6.07, 6.45) is 4.91. The van der Waals surface area contributed by atoms with Gasteiger partial charge in [-0.1, -0.05) is 42.5 Å². The van der Waals surface area contributed by atoms with Gasteiger partial charge < -0.3 is 14.5 Å². The van der Waals surface area contributed by atoms with Crippen LogP contribution in [0.15, 0.2) is 73.1 Å². The molecule has 0 bridgehead atoms. The van der Waals surface area contributed by atoms with Gasteiger partial charge in [-0.2, -0.15) is 5.26 Å². The number of likely N-dealkylation sites (tertiary alicyclic amines) is 1. The maximum absolute atomic E-state index is 14.1. The summed E-state index contributed by atoms with van der Waals surface area (Å²) >= 11 is 0. The number of nitriles is 1. The first-order valence-corrected chi connectivity index (χ1v) is 13.0. The number of anilines is 1. The first-order chi connectivity index (χ1) is 18.9. The quantitative estimate of drug-likeness (QED) is 0.381. The standard InChI is InChI=1S/C31H25N5O3/c1-30(12-13-30)39-29(38)35-18-31(19-35)24-8-4-5-9-26(24)36(28(31)37)17-25-27(21-10-11-22(14-32)33-16-21)23-7-3-2-6-20(23)15-34-25/h2-11,15-16H,12-13,17-19H2,1H3. The van der Waals surface area contributed by atoms with Crippen LogP contribution in [0.25, 0.3) is 21.9 Å². The fraction of sp³-hybridized carbons (Fsp3) is 0.258. The molecule has 2 aromatic heterocycles. The van der Waals surface area contributed by atoms with Gasteiger partial charge in [0, 0.05) is 47.7 Å². The molecule has 2 aliphatic heterocycles. The molecule has 0 radical (unpaired) electrons. The molecule has 3 aliphatic rings. The smallest absolute Gasteiger partial charge is 0.410 e. The molecule has 7 rings (SSSR count). The fourth-order valence-corrected chi connectivity index (χ4v) is 5.75. The third-order valence-corrected chi connectivity index (χ3v) is 8.19. The molecular weight excluding hydrogens is 490 g/mol. The van der Waals surface area contributed by atoms with E-state index in [1.165, 1.54) is 0 Å². The summed E-state index contributed by atoms with van der Waals surface area (Å²) in [5.41, 5.74) is 3.40. The van der Waals surface area contributed by atoms with Gasteiger partial charge in [-0.15, -0.1) is 0 Å². The van der Waals surface area contributed by atoms with Crippen molar-refractivity contribution >= 4 is 28.5 Å². The zero-order chi connectivity index (χ0) is 26.8. The van der Waals surface area contributed by atoms with E-state index in [4.69, 9.17) is 9.72 Å². The molecule has 192 valence electrons. The Morgan fingerprint density at radius 3 is 2.54 bits per heavy atom. The van der Waals surface area contributed by atoms with Crippen molar-refractivity contribution in [1.82, 2.24) is 14.9 Å². The van der Waals surface area contributed by atoms with E-state index in [1.54, 1.807) is 22.1 Å². The van der Waals surface area contributed by atoms with Gasteiger partial charge in [-0.05, 0) is 48.9 Å². The van der Waals surface area contributed by atoms with E-state index in [9.17, 15) is 14.9 Å². The highest BCUT2D eigenvalue weighted by Gasteiger charge is 2.60. The Bertz CT molecular complexity index is 1700. The molecular formula is C31H25N5O3. The number of hydrogen-bond donors (Lipinski definition) is 0. The highest BCUT2D eigenvalue weighted by Crippen LogP contribution is 2.49. The number of pyridine rings is 2. The Kier molecular flexibility index (Phi) is 5.01. The van der Waals surface area contributed by atoms with Crippen LogP contribution in [0.1, 0.15) is 36.7 Å². The molecule has 1 saturated heterocycles. The van der Waals surface area contributed by atoms with Crippen LogP contribution < -0.4 is 4.90 Å². The second kappa shape index (κ2) is 8.37. The lowest BCUT2D eigenvalue weighted by molar-refractivity contribution is -0.128. The lowest BCUT2D eigenvalue weighted by Gasteiger charge is -2.46. The summed E-state index contributed by atoms with van der Waals surface area (Å²) < 4.78 is 5.65. The van der Waals surface area contributed by atoms with Gasteiger partial charge in [0.05, 0.1) is 12.2 Å². The van der Waals surface area contributed by atoms with E-state index in [1.807, 2.05) is 67.7 Å². The number of para-hydroxylation sites is 1. The first-order valence-electron chi connectivity index (χ1n) is 13.0. The van der Waals surface area contributed by atoms with Gasteiger partial charge in [0.25, 0.3) is 0 Å². The Hall–Kier alpha value is -4.77. The SMILES string of the molecule is CC1(OC(=O)N2CC3(C2)C(=O)N(Cc2ncc4ccccc4c2-c2ccc(C#N)nc2)c2ccccc23)CC1. The Labute approximate surface area is 225 Å². The van der Waals surface area contributed by atoms with Crippen LogP contribution in [-0.2, 0) is 21.5 Å². The third kappa shape index (κ3) is 3.65. The molecule has 0 unspecified atom stereocenters. The number of fused-ring (bicyclic) bond motifs is 3. The predicted molar refractivity (Wildman–Crippen MR) is 145 cm³/mol. The zero-order valence-electron chi connectivity index (χ0n) is 21.4. The second-order valence-electron chi connectivity index (χ2n) is 10.9. The molecule has 39 heavy (non-hydrogen) atoms. The van der Waals surface area contributed by atoms with Gasteiger partial charge in [0.15, 0.2) is 0 Å². The number of carbonyl (C=O) groups excluding carboxylic acids is 2. The topological polar surface area (TPSA) is 99.4 Å². The predicted octanol–water partition coefficient (Wildman–Crippen LogP) is 4.96. The highest BCUT2D eigenvalue weighted by molar-refractivity contribution is 6.10. The number of nitrogens with zero attached hydrogens (tertiary/aromatic N) is 5. The third-order valence-electron chi connectivity index (χ3n) is 8.19. The Balaban J connectivity index is 1.25. The van der Waals surface area contributed by atoms with Crippen molar-refractivity contribution in [1.29, 1.82) is 5.26 Å². The highest BCUT2D eigenvalue weighted by atomic mass is 16.6. The minimum Gasteiger partial charge on any atom is -0.443 e. The van der Waals surface area contributed by atoms with Gasteiger partial charge in [0.1, 0.15) is 22.8 Å². The lowest BCUT2D eigenvalue weighted by Crippen LogP contribution is -2.65. The van der Waals surface area contributed by atoms with Crippen LogP contribution in [0, 0.1) is 11.3 Å². The van der Waals surface area contributed by atoms with Crippen LogP contribution in [0.4, 0.5) is 10.5 Å². The fourth-order valence-electron chi connectivity index (χ4n) is 5.75. The average molecular weight is 516 g/mol. The molecule has 0 N–H and O–H groups in total. The largest absolute Gasteiger partial charge is 0.443 e. The van der Waals surface area contributed by atoms with Crippen molar-refractivity contribution in [2.24, 2.45) is 0 Å². The minimum absolute atomic E-state index is 0.0377. The molecule has 8 nitrogen and oxygen atoms in total. The number of hydrogen-bond acceptors (Lipinski definition) is 6. The molecule has 4 aromatic rings. The van der Waals surface area contributed by atoms with E-state index in [0.717, 1.165) is 51.7 Å². The summed E-state index contributed by atoms with van der Waals surface area (Å²) in [6, 6.07) is 21.4. The summed E-state index contributed by atoms with van der Waals surface area (Å²) in [5, 5.41) is 11.2. The first kappa shape index (κ1) is 23.4. The summed E-state index contributed by atoms with van der Waals surface area (Å²) in [4.78, 5) is 39.3. The second-order valence-corrected chi connectivity index (χ2v) is 10.9. The Morgan fingerprint density at radius 2 is 1.79 bits per heavy atom. The van der Waals surface area contributed by atoms with Crippen LogP contribution in [-0.4, -0.2) is 45.6 Å². The van der Waals surface area contributed by atoms with Crippen LogP contribution in [0.5, 0.6) is 0 Å². The molecule has 2 fully saturated rings. The summed E-state index contributed by atoms with van der Waals surface area (Å²) in [5.74, 6) is -0.0377. The van der Waals surface area contributed by atoms with E-state index in [2.05, 4.69) is 11.1 Å². The van der Waals surface area contributed by atoms with Crippen molar-refractivity contribution in [3.63, 3.8) is 0 Å². The van der Waals surface area contributed by atoms with Crippen molar-refractivity contribution < 1.29 is 14.3 Å². The Morgan fingerprint density at radius 1 is 1.03 bits per heavy atom. The van der Waals surface area contributed by atoms with E-state index < -0.39 is 5.41 Å². The molecule has 2 amide bonds. The molecule has 4 heterocycles.